The molecule has 23 heavy (non-hydrogen) atoms. The molecule has 0 saturated carbocycles. The summed E-state index contributed by atoms with van der Waals surface area (Å²) >= 11 is 0. The van der Waals surface area contributed by atoms with Crippen molar-refractivity contribution in [2.45, 2.75) is 68.3 Å². The molecule has 10 atom stereocenters. The predicted octanol–water partition coefficient (Wildman–Crippen LogP) is -5.42. The van der Waals surface area contributed by atoms with Gasteiger partial charge in [-0.2, -0.15) is 0 Å². The third kappa shape index (κ3) is 4.78. The van der Waals surface area contributed by atoms with Gasteiger partial charge in [0.25, 0.3) is 0 Å². The molecule has 0 radical (unpaired) electrons. The summed E-state index contributed by atoms with van der Waals surface area (Å²) in [5.41, 5.74) is 0. The van der Waals surface area contributed by atoms with Crippen LogP contribution in [0.15, 0.2) is 0 Å². The Balaban J connectivity index is 0.000000231. The van der Waals surface area contributed by atoms with E-state index in [1.54, 1.807) is 0 Å². The molecule has 0 aromatic carbocycles. The Kier molecular flexibility index (Phi) is 7.70. The third-order valence-electron chi connectivity index (χ3n) is 3.69. The number of aliphatic hydroxyl groups is 9. The van der Waals surface area contributed by atoms with E-state index in [9.17, 15) is 0 Å². The van der Waals surface area contributed by atoms with Crippen molar-refractivity contribution in [2.24, 2.45) is 0 Å². The van der Waals surface area contributed by atoms with Crippen molar-refractivity contribution in [1.29, 1.82) is 0 Å². The van der Waals surface area contributed by atoms with Crippen LogP contribution in [0.2, 0.25) is 0 Å². The number of hydrogen-bond acceptors (Lipinski definition) is 11. The second-order valence-electron chi connectivity index (χ2n) is 5.42. The van der Waals surface area contributed by atoms with E-state index in [1.165, 1.54) is 6.92 Å². The van der Waals surface area contributed by atoms with Gasteiger partial charge in [-0.1, -0.05) is 0 Å². The quantitative estimate of drug-likeness (QED) is 0.220. The molecule has 0 aliphatic carbocycles. The molecule has 0 aromatic heterocycles. The van der Waals surface area contributed by atoms with Crippen LogP contribution in [0.1, 0.15) is 6.92 Å². The lowest BCUT2D eigenvalue weighted by atomic mass is 10.00. The van der Waals surface area contributed by atoms with E-state index >= 15 is 0 Å². The minimum atomic E-state index is -1.57. The summed E-state index contributed by atoms with van der Waals surface area (Å²) in [7, 11) is 0. The fraction of sp³-hybridized carbons (Fsp3) is 1.00. The molecule has 0 spiro atoms. The molecule has 2 unspecified atom stereocenters. The Morgan fingerprint density at radius 3 is 1.52 bits per heavy atom. The van der Waals surface area contributed by atoms with Gasteiger partial charge in [0, 0.05) is 0 Å². The van der Waals surface area contributed by atoms with Crippen LogP contribution in [-0.2, 0) is 9.47 Å². The van der Waals surface area contributed by atoms with Crippen LogP contribution in [-0.4, -0.2) is 114 Å². The first-order chi connectivity index (χ1) is 10.6. The lowest BCUT2D eigenvalue weighted by Crippen LogP contribution is -2.58. The van der Waals surface area contributed by atoms with Gasteiger partial charge in [-0.3, -0.25) is 0 Å². The average molecular weight is 344 g/mol. The van der Waals surface area contributed by atoms with Crippen molar-refractivity contribution in [1.82, 2.24) is 0 Å². The smallest absolute Gasteiger partial charge is 0.184 e. The van der Waals surface area contributed by atoms with Gasteiger partial charge in [0.15, 0.2) is 12.6 Å². The van der Waals surface area contributed by atoms with E-state index in [4.69, 9.17) is 46.0 Å². The number of rotatable bonds is 1. The first kappa shape index (κ1) is 20.6. The highest BCUT2D eigenvalue weighted by Gasteiger charge is 2.42. The number of ether oxygens (including phenoxy) is 2. The SMILES string of the molecule is C[C@@H]1OC(O)[C@H](O)[C@H](O)[C@H]1O.OC[C@H]1OC(O)[C@H](O)[C@@H](O)[C@@H]1O. The van der Waals surface area contributed by atoms with Crippen LogP contribution in [0.4, 0.5) is 0 Å². The lowest BCUT2D eigenvalue weighted by Gasteiger charge is -2.37. The van der Waals surface area contributed by atoms with Crippen LogP contribution in [0.25, 0.3) is 0 Å². The molecule has 2 rings (SSSR count). The maximum Gasteiger partial charge on any atom is 0.184 e. The monoisotopic (exact) mass is 344 g/mol. The zero-order valence-corrected chi connectivity index (χ0v) is 12.3. The second-order valence-corrected chi connectivity index (χ2v) is 5.42. The van der Waals surface area contributed by atoms with E-state index in [1.807, 2.05) is 0 Å². The maximum absolute atomic E-state index is 9.12. The number of hydrogen-bond donors (Lipinski definition) is 9. The molecule has 0 aromatic rings. The fourth-order valence-electron chi connectivity index (χ4n) is 2.11. The summed E-state index contributed by atoms with van der Waals surface area (Å²) in [6.45, 7) is 0.977. The fourth-order valence-corrected chi connectivity index (χ4v) is 2.11. The predicted molar refractivity (Wildman–Crippen MR) is 70.6 cm³/mol. The molecular weight excluding hydrogens is 320 g/mol. The van der Waals surface area contributed by atoms with Crippen LogP contribution in [0.3, 0.4) is 0 Å². The topological polar surface area (TPSA) is 201 Å². The van der Waals surface area contributed by atoms with Crippen molar-refractivity contribution in [3.63, 3.8) is 0 Å². The highest BCUT2D eigenvalue weighted by molar-refractivity contribution is 4.88. The largest absolute Gasteiger partial charge is 0.394 e. The molecule has 11 heteroatoms. The van der Waals surface area contributed by atoms with Gasteiger partial charge in [-0.15, -0.1) is 0 Å². The van der Waals surface area contributed by atoms with E-state index in [0.29, 0.717) is 0 Å². The maximum atomic E-state index is 9.12. The molecule has 2 aliphatic heterocycles. The molecule has 138 valence electrons. The summed E-state index contributed by atoms with van der Waals surface area (Å²) in [4.78, 5) is 0. The number of aliphatic hydroxyl groups excluding tert-OH is 9. The first-order valence-electron chi connectivity index (χ1n) is 6.98. The summed E-state index contributed by atoms with van der Waals surface area (Å²) in [6.07, 6.45) is -13.0. The van der Waals surface area contributed by atoms with Crippen molar-refractivity contribution >= 4 is 0 Å². The molecule has 0 amide bonds. The van der Waals surface area contributed by atoms with Crippen molar-refractivity contribution in [2.75, 3.05) is 6.61 Å². The van der Waals surface area contributed by atoms with Gasteiger partial charge in [-0.05, 0) is 6.92 Å². The summed E-state index contributed by atoms with van der Waals surface area (Å²) < 4.78 is 9.25. The van der Waals surface area contributed by atoms with Gasteiger partial charge in [-0.25, -0.2) is 0 Å². The third-order valence-corrected chi connectivity index (χ3v) is 3.69. The molecule has 2 saturated heterocycles. The molecular formula is C12H24O11. The zero-order valence-electron chi connectivity index (χ0n) is 12.3. The Hall–Kier alpha value is -0.440. The molecule has 2 heterocycles. The van der Waals surface area contributed by atoms with Crippen LogP contribution < -0.4 is 0 Å². The molecule has 11 nitrogen and oxygen atoms in total. The van der Waals surface area contributed by atoms with E-state index < -0.39 is 68.0 Å². The van der Waals surface area contributed by atoms with Gasteiger partial charge < -0.3 is 55.4 Å². The normalized spacial score (nSPS) is 50.9. The van der Waals surface area contributed by atoms with Gasteiger partial charge in [0.2, 0.25) is 0 Å². The van der Waals surface area contributed by atoms with Crippen LogP contribution in [0, 0.1) is 0 Å². The average Bonchev–Trinajstić information content (AvgIpc) is 2.53. The van der Waals surface area contributed by atoms with Gasteiger partial charge in [0.05, 0.1) is 12.7 Å². The first-order valence-corrected chi connectivity index (χ1v) is 6.98. The van der Waals surface area contributed by atoms with Crippen molar-refractivity contribution in [3.8, 4) is 0 Å². The van der Waals surface area contributed by atoms with Crippen LogP contribution >= 0.6 is 0 Å². The Morgan fingerprint density at radius 1 is 0.609 bits per heavy atom. The summed E-state index contributed by atoms with van der Waals surface area (Å²) in [5.74, 6) is 0. The van der Waals surface area contributed by atoms with E-state index in [-0.39, 0.29) is 0 Å². The van der Waals surface area contributed by atoms with Gasteiger partial charge in [0.1, 0.15) is 42.7 Å². The van der Waals surface area contributed by atoms with Gasteiger partial charge >= 0.3 is 0 Å². The van der Waals surface area contributed by atoms with E-state index in [0.717, 1.165) is 0 Å². The minimum Gasteiger partial charge on any atom is -0.394 e. The van der Waals surface area contributed by atoms with Crippen molar-refractivity contribution < 1.29 is 55.4 Å². The zero-order chi connectivity index (χ0) is 17.9. The Bertz CT molecular complexity index is 337. The molecule has 2 aliphatic rings. The Morgan fingerprint density at radius 2 is 1.04 bits per heavy atom. The second kappa shape index (κ2) is 8.60. The summed E-state index contributed by atoms with van der Waals surface area (Å²) in [5, 5.41) is 80.6. The standard InChI is InChI=1S/C6H12O6.C6H12O5/c7-1-2-3(8)4(9)5(10)6(11)12-2;1-2-3(7)4(8)5(9)6(10)11-2/h2-11H,1H2;2-10H,1H3/t2-,3-,4+,5-,6?;2-,3-,4+,5+,6?/m10/s1. The van der Waals surface area contributed by atoms with Crippen molar-refractivity contribution in [3.05, 3.63) is 0 Å². The Labute approximate surface area is 131 Å². The highest BCUT2D eigenvalue weighted by atomic mass is 16.6. The molecule has 9 N–H and O–H groups in total. The minimum absolute atomic E-state index is 0.526. The highest BCUT2D eigenvalue weighted by Crippen LogP contribution is 2.19. The lowest BCUT2D eigenvalue weighted by molar-refractivity contribution is -0.286. The molecule has 2 fully saturated rings. The molecule has 0 bridgehead atoms. The summed E-state index contributed by atoms with van der Waals surface area (Å²) in [6, 6.07) is 0. The van der Waals surface area contributed by atoms with Crippen LogP contribution in [0.5, 0.6) is 0 Å². The van der Waals surface area contributed by atoms with E-state index in [2.05, 4.69) is 9.47 Å².